The summed E-state index contributed by atoms with van der Waals surface area (Å²) < 4.78 is 10.6. The Morgan fingerprint density at radius 3 is 2.56 bits per heavy atom. The fraction of sp³-hybridized carbons (Fsp3) is 0.200. The minimum Gasteiger partial charge on any atom is -0.493 e. The second-order valence-electron chi connectivity index (χ2n) is 5.85. The van der Waals surface area contributed by atoms with Crippen molar-refractivity contribution in [3.8, 4) is 22.8 Å². The first-order chi connectivity index (χ1) is 13.2. The summed E-state index contributed by atoms with van der Waals surface area (Å²) in [6, 6.07) is 14.1. The number of nitrogens with zero attached hydrogens (tertiary/aromatic N) is 1. The summed E-state index contributed by atoms with van der Waals surface area (Å²) in [7, 11) is 3.11. The molecule has 140 valence electrons. The lowest BCUT2D eigenvalue weighted by Gasteiger charge is -2.17. The van der Waals surface area contributed by atoms with Crippen LogP contribution in [0.25, 0.3) is 11.3 Å². The molecule has 3 rings (SSSR count). The summed E-state index contributed by atoms with van der Waals surface area (Å²) in [4.78, 5) is 12.8. The van der Waals surface area contributed by atoms with Crippen molar-refractivity contribution in [2.45, 2.75) is 6.04 Å². The molecule has 1 aromatic heterocycles. The van der Waals surface area contributed by atoms with Gasteiger partial charge < -0.3 is 19.9 Å². The summed E-state index contributed by atoms with van der Waals surface area (Å²) in [6.45, 7) is -0.209. The molecular weight excluding hydrogens is 346 g/mol. The number of carbonyl (C=O) groups excluding carboxylic acids is 1. The van der Waals surface area contributed by atoms with Crippen LogP contribution in [0.3, 0.4) is 0 Å². The molecule has 7 nitrogen and oxygen atoms in total. The third-order valence-electron chi connectivity index (χ3n) is 4.25. The Balaban J connectivity index is 1.87. The third kappa shape index (κ3) is 3.93. The van der Waals surface area contributed by atoms with E-state index in [1.54, 1.807) is 26.4 Å². The largest absolute Gasteiger partial charge is 0.493 e. The molecule has 27 heavy (non-hydrogen) atoms. The number of aliphatic hydroxyl groups excluding tert-OH is 1. The molecule has 0 bridgehead atoms. The number of nitrogens with one attached hydrogen (secondary N) is 2. The predicted octanol–water partition coefficient (Wildman–Crippen LogP) is 2.56. The Kier molecular flexibility index (Phi) is 5.73. The van der Waals surface area contributed by atoms with E-state index in [-0.39, 0.29) is 12.5 Å². The first-order valence-electron chi connectivity index (χ1n) is 8.40. The molecular formula is C20H21N3O4. The number of aromatic amines is 1. The van der Waals surface area contributed by atoms with Gasteiger partial charge in [-0.2, -0.15) is 5.10 Å². The van der Waals surface area contributed by atoms with Gasteiger partial charge in [0.1, 0.15) is 0 Å². The van der Waals surface area contributed by atoms with Crippen molar-refractivity contribution in [2.75, 3.05) is 20.8 Å². The van der Waals surface area contributed by atoms with E-state index in [9.17, 15) is 9.90 Å². The highest BCUT2D eigenvalue weighted by Gasteiger charge is 2.20. The molecule has 0 saturated carbocycles. The minimum atomic E-state index is -0.508. The van der Waals surface area contributed by atoms with Gasteiger partial charge >= 0.3 is 0 Å². The molecule has 0 radical (unpaired) electrons. The first kappa shape index (κ1) is 18.5. The number of rotatable bonds is 7. The molecule has 0 aliphatic heterocycles. The van der Waals surface area contributed by atoms with Crippen LogP contribution in [0, 0.1) is 0 Å². The van der Waals surface area contributed by atoms with Crippen LogP contribution in [0.2, 0.25) is 0 Å². The number of benzene rings is 2. The van der Waals surface area contributed by atoms with Gasteiger partial charge in [-0.05, 0) is 23.8 Å². The molecule has 1 atom stereocenters. The van der Waals surface area contributed by atoms with Crippen molar-refractivity contribution < 1.29 is 19.4 Å². The number of hydrogen-bond donors (Lipinski definition) is 3. The topological polar surface area (TPSA) is 96.5 Å². The monoisotopic (exact) mass is 367 g/mol. The molecule has 1 amide bonds. The lowest BCUT2D eigenvalue weighted by Crippen LogP contribution is -2.30. The average Bonchev–Trinajstić information content (AvgIpc) is 3.22. The van der Waals surface area contributed by atoms with Gasteiger partial charge in [0.15, 0.2) is 11.5 Å². The Bertz CT molecular complexity index is 909. The molecule has 3 N–H and O–H groups in total. The molecule has 0 unspecified atom stereocenters. The van der Waals surface area contributed by atoms with Crippen molar-refractivity contribution in [3.63, 3.8) is 0 Å². The highest BCUT2D eigenvalue weighted by molar-refractivity contribution is 6.00. The van der Waals surface area contributed by atoms with E-state index in [0.29, 0.717) is 22.8 Å². The molecule has 7 heteroatoms. The zero-order valence-electron chi connectivity index (χ0n) is 15.1. The molecule has 3 aromatic rings. The Morgan fingerprint density at radius 2 is 1.89 bits per heavy atom. The van der Waals surface area contributed by atoms with E-state index in [4.69, 9.17) is 9.47 Å². The van der Waals surface area contributed by atoms with E-state index in [0.717, 1.165) is 11.1 Å². The first-order valence-corrected chi connectivity index (χ1v) is 8.40. The second kappa shape index (κ2) is 8.37. The highest BCUT2D eigenvalue weighted by atomic mass is 16.5. The van der Waals surface area contributed by atoms with Crippen LogP contribution in [-0.4, -0.2) is 42.0 Å². The number of carbonyl (C=O) groups is 1. The standard InChI is InChI=1S/C20H21N3O4/c1-26-17-9-8-14(10-18(17)27-2)19-15(11-21-23-19)20(25)22-16(12-24)13-6-4-3-5-7-13/h3-11,16,24H,12H2,1-2H3,(H,21,23)(H,22,25)/t16-/m1/s1. The van der Waals surface area contributed by atoms with Gasteiger partial charge in [-0.25, -0.2) is 0 Å². The van der Waals surface area contributed by atoms with Crippen LogP contribution in [0.15, 0.2) is 54.7 Å². The SMILES string of the molecule is COc1ccc(-c2[nH]ncc2C(=O)N[C@H](CO)c2ccccc2)cc1OC. The molecule has 0 saturated heterocycles. The lowest BCUT2D eigenvalue weighted by molar-refractivity contribution is 0.0917. The van der Waals surface area contributed by atoms with Gasteiger partial charge in [-0.3, -0.25) is 9.89 Å². The summed E-state index contributed by atoms with van der Waals surface area (Å²) >= 11 is 0. The van der Waals surface area contributed by atoms with Gasteiger partial charge in [-0.15, -0.1) is 0 Å². The van der Waals surface area contributed by atoms with Gasteiger partial charge in [0, 0.05) is 5.56 Å². The van der Waals surface area contributed by atoms with Gasteiger partial charge in [-0.1, -0.05) is 30.3 Å². The molecule has 0 aliphatic carbocycles. The molecule has 0 fully saturated rings. The average molecular weight is 367 g/mol. The van der Waals surface area contributed by atoms with E-state index in [2.05, 4.69) is 15.5 Å². The van der Waals surface area contributed by atoms with E-state index >= 15 is 0 Å². The van der Waals surface area contributed by atoms with Crippen molar-refractivity contribution in [1.82, 2.24) is 15.5 Å². The number of ether oxygens (including phenoxy) is 2. The maximum atomic E-state index is 12.8. The maximum Gasteiger partial charge on any atom is 0.255 e. The number of amides is 1. The molecule has 1 heterocycles. The van der Waals surface area contributed by atoms with Crippen LogP contribution in [-0.2, 0) is 0 Å². The van der Waals surface area contributed by atoms with Gasteiger partial charge in [0.2, 0.25) is 0 Å². The molecule has 0 spiro atoms. The van der Waals surface area contributed by atoms with Crippen molar-refractivity contribution in [2.24, 2.45) is 0 Å². The van der Waals surface area contributed by atoms with E-state index in [1.807, 2.05) is 36.4 Å². The number of aromatic nitrogens is 2. The number of aliphatic hydroxyl groups is 1. The Morgan fingerprint density at radius 1 is 1.15 bits per heavy atom. The smallest absolute Gasteiger partial charge is 0.255 e. The minimum absolute atomic E-state index is 0.209. The van der Waals surface area contributed by atoms with Gasteiger partial charge in [0.05, 0.1) is 44.3 Å². The second-order valence-corrected chi connectivity index (χ2v) is 5.85. The third-order valence-corrected chi connectivity index (χ3v) is 4.25. The van der Waals surface area contributed by atoms with Gasteiger partial charge in [0.25, 0.3) is 5.91 Å². The van der Waals surface area contributed by atoms with E-state index < -0.39 is 6.04 Å². The van der Waals surface area contributed by atoms with Crippen LogP contribution < -0.4 is 14.8 Å². The highest BCUT2D eigenvalue weighted by Crippen LogP contribution is 2.32. The number of methoxy groups -OCH3 is 2. The van der Waals surface area contributed by atoms with Crippen molar-refractivity contribution in [3.05, 3.63) is 65.9 Å². The fourth-order valence-electron chi connectivity index (χ4n) is 2.83. The number of H-pyrrole nitrogens is 1. The Labute approximate surface area is 157 Å². The predicted molar refractivity (Wildman–Crippen MR) is 101 cm³/mol. The quantitative estimate of drug-likeness (QED) is 0.596. The van der Waals surface area contributed by atoms with Crippen LogP contribution in [0.4, 0.5) is 0 Å². The zero-order chi connectivity index (χ0) is 19.2. The summed E-state index contributed by atoms with van der Waals surface area (Å²) in [5, 5.41) is 19.4. The summed E-state index contributed by atoms with van der Waals surface area (Å²) in [6.07, 6.45) is 1.46. The summed E-state index contributed by atoms with van der Waals surface area (Å²) in [5.74, 6) is 0.807. The fourth-order valence-corrected chi connectivity index (χ4v) is 2.83. The number of hydrogen-bond acceptors (Lipinski definition) is 5. The molecule has 2 aromatic carbocycles. The lowest BCUT2D eigenvalue weighted by atomic mass is 10.0. The normalized spacial score (nSPS) is 11.7. The van der Waals surface area contributed by atoms with Crippen molar-refractivity contribution in [1.29, 1.82) is 0 Å². The maximum absolute atomic E-state index is 12.8. The zero-order valence-corrected chi connectivity index (χ0v) is 15.1. The summed E-state index contributed by atoms with van der Waals surface area (Å²) in [5.41, 5.74) is 2.48. The van der Waals surface area contributed by atoms with Crippen LogP contribution >= 0.6 is 0 Å². The van der Waals surface area contributed by atoms with Crippen LogP contribution in [0.5, 0.6) is 11.5 Å². The molecule has 0 aliphatic rings. The van der Waals surface area contributed by atoms with Crippen LogP contribution in [0.1, 0.15) is 22.0 Å². The van der Waals surface area contributed by atoms with E-state index in [1.165, 1.54) is 6.20 Å². The van der Waals surface area contributed by atoms with Crippen molar-refractivity contribution >= 4 is 5.91 Å². The Hall–Kier alpha value is -3.32.